The van der Waals surface area contributed by atoms with E-state index in [0.29, 0.717) is 4.60 Å². The van der Waals surface area contributed by atoms with E-state index in [4.69, 9.17) is 10.8 Å². The first kappa shape index (κ1) is 11.0. The van der Waals surface area contributed by atoms with E-state index in [-0.39, 0.29) is 18.0 Å². The Bertz CT molecular complexity index is 358. The van der Waals surface area contributed by atoms with Crippen LogP contribution in [0.1, 0.15) is 11.7 Å². The van der Waals surface area contributed by atoms with Crippen LogP contribution < -0.4 is 5.73 Å². The summed E-state index contributed by atoms with van der Waals surface area (Å²) < 4.78 is 0.325. The number of hydrogen-bond acceptors (Lipinski definition) is 5. The van der Waals surface area contributed by atoms with Crippen LogP contribution in [0.15, 0.2) is 16.7 Å². The van der Waals surface area contributed by atoms with Crippen LogP contribution in [-0.2, 0) is 0 Å². The maximum Gasteiger partial charge on any atom is 0.274 e. The van der Waals surface area contributed by atoms with E-state index in [9.17, 15) is 10.1 Å². The zero-order valence-electron chi connectivity index (χ0n) is 7.05. The van der Waals surface area contributed by atoms with Crippen molar-refractivity contribution in [3.8, 4) is 0 Å². The molecule has 1 atom stereocenters. The second-order valence-electron chi connectivity index (χ2n) is 2.62. The molecule has 1 unspecified atom stereocenters. The molecule has 6 nitrogen and oxygen atoms in total. The van der Waals surface area contributed by atoms with Gasteiger partial charge in [-0.1, -0.05) is 0 Å². The first-order valence-corrected chi connectivity index (χ1v) is 4.52. The van der Waals surface area contributed by atoms with Gasteiger partial charge in [0.05, 0.1) is 23.3 Å². The SMILES string of the molecule is NC(CO)c1cc([N+](=O)[O-])cc(Br)n1. The normalized spacial score (nSPS) is 12.5. The standard InChI is InChI=1S/C7H8BrN3O3/c8-7-2-4(11(13)14)1-6(10-7)5(9)3-12/h1-2,5,12H,3,9H2. The molecule has 76 valence electrons. The first-order chi connectivity index (χ1) is 6.54. The highest BCUT2D eigenvalue weighted by Gasteiger charge is 2.14. The summed E-state index contributed by atoms with van der Waals surface area (Å²) in [5, 5.41) is 19.2. The van der Waals surface area contributed by atoms with Gasteiger partial charge in [0.2, 0.25) is 0 Å². The third-order valence-electron chi connectivity index (χ3n) is 1.59. The Morgan fingerprint density at radius 2 is 2.36 bits per heavy atom. The predicted molar refractivity (Wildman–Crippen MR) is 52.6 cm³/mol. The fraction of sp³-hybridized carbons (Fsp3) is 0.286. The van der Waals surface area contributed by atoms with E-state index in [1.807, 2.05) is 0 Å². The van der Waals surface area contributed by atoms with E-state index in [2.05, 4.69) is 20.9 Å². The Hall–Kier alpha value is -1.05. The Morgan fingerprint density at radius 3 is 2.86 bits per heavy atom. The fourth-order valence-electron chi connectivity index (χ4n) is 0.892. The van der Waals surface area contributed by atoms with E-state index in [1.165, 1.54) is 12.1 Å². The van der Waals surface area contributed by atoms with Crippen LogP contribution >= 0.6 is 15.9 Å². The summed E-state index contributed by atoms with van der Waals surface area (Å²) in [5.41, 5.74) is 5.66. The third kappa shape index (κ3) is 2.47. The molecule has 0 saturated carbocycles. The average molecular weight is 262 g/mol. The minimum absolute atomic E-state index is 0.106. The summed E-state index contributed by atoms with van der Waals surface area (Å²) in [5.74, 6) is 0. The lowest BCUT2D eigenvalue weighted by Gasteiger charge is -2.07. The van der Waals surface area contributed by atoms with E-state index < -0.39 is 11.0 Å². The average Bonchev–Trinajstić information content (AvgIpc) is 2.15. The minimum Gasteiger partial charge on any atom is -0.394 e. The first-order valence-electron chi connectivity index (χ1n) is 3.73. The van der Waals surface area contributed by atoms with Crippen molar-refractivity contribution >= 4 is 21.6 Å². The molecule has 0 amide bonds. The minimum atomic E-state index is -0.703. The number of hydrogen-bond donors (Lipinski definition) is 2. The molecule has 0 radical (unpaired) electrons. The zero-order valence-corrected chi connectivity index (χ0v) is 8.64. The van der Waals surface area contributed by atoms with Gasteiger partial charge < -0.3 is 10.8 Å². The fourth-order valence-corrected chi connectivity index (χ4v) is 1.33. The molecule has 0 spiro atoms. The Balaban J connectivity index is 3.13. The quantitative estimate of drug-likeness (QED) is 0.475. The number of aliphatic hydroxyl groups excluding tert-OH is 1. The van der Waals surface area contributed by atoms with Gasteiger partial charge in [-0.2, -0.15) is 0 Å². The molecule has 0 aliphatic carbocycles. The molecule has 1 rings (SSSR count). The number of nitro groups is 1. The van der Waals surface area contributed by atoms with Crippen molar-refractivity contribution in [2.45, 2.75) is 6.04 Å². The number of aliphatic hydroxyl groups is 1. The van der Waals surface area contributed by atoms with Crippen LogP contribution in [0, 0.1) is 10.1 Å². The molecular formula is C7H8BrN3O3. The van der Waals surface area contributed by atoms with Gasteiger partial charge in [-0.05, 0) is 15.9 Å². The smallest absolute Gasteiger partial charge is 0.274 e. The van der Waals surface area contributed by atoms with Gasteiger partial charge in [0, 0.05) is 12.1 Å². The van der Waals surface area contributed by atoms with E-state index in [1.54, 1.807) is 0 Å². The molecule has 1 aromatic rings. The van der Waals surface area contributed by atoms with Crippen LogP contribution in [0.25, 0.3) is 0 Å². The van der Waals surface area contributed by atoms with Crippen LogP contribution in [0.3, 0.4) is 0 Å². The van der Waals surface area contributed by atoms with Gasteiger partial charge in [-0.25, -0.2) is 4.98 Å². The van der Waals surface area contributed by atoms with Crippen LogP contribution in [0.4, 0.5) is 5.69 Å². The summed E-state index contributed by atoms with van der Waals surface area (Å²) in [6.07, 6.45) is 0. The highest BCUT2D eigenvalue weighted by atomic mass is 79.9. The lowest BCUT2D eigenvalue weighted by Crippen LogP contribution is -2.16. The molecule has 3 N–H and O–H groups in total. The molecule has 0 aliphatic rings. The maximum absolute atomic E-state index is 10.5. The summed E-state index contributed by atoms with van der Waals surface area (Å²) in [6, 6.07) is 1.81. The number of halogens is 1. The molecular weight excluding hydrogens is 254 g/mol. The van der Waals surface area contributed by atoms with Crippen LogP contribution in [0.2, 0.25) is 0 Å². The Morgan fingerprint density at radius 1 is 1.71 bits per heavy atom. The van der Waals surface area contributed by atoms with Crippen molar-refractivity contribution in [1.29, 1.82) is 0 Å². The zero-order chi connectivity index (χ0) is 10.7. The van der Waals surface area contributed by atoms with Crippen molar-refractivity contribution in [3.63, 3.8) is 0 Å². The topological polar surface area (TPSA) is 102 Å². The molecule has 7 heteroatoms. The Kier molecular flexibility index (Phi) is 3.50. The van der Waals surface area contributed by atoms with Gasteiger partial charge >= 0.3 is 0 Å². The Labute approximate surface area is 88.0 Å². The van der Waals surface area contributed by atoms with Crippen molar-refractivity contribution in [3.05, 3.63) is 32.5 Å². The lowest BCUT2D eigenvalue weighted by atomic mass is 10.2. The molecule has 0 fully saturated rings. The highest BCUT2D eigenvalue weighted by Crippen LogP contribution is 2.20. The summed E-state index contributed by atoms with van der Waals surface area (Å²) in [4.78, 5) is 13.8. The molecule has 0 aromatic carbocycles. The van der Waals surface area contributed by atoms with Crippen LogP contribution in [-0.4, -0.2) is 21.6 Å². The number of pyridine rings is 1. The van der Waals surface area contributed by atoms with Crippen molar-refractivity contribution < 1.29 is 10.0 Å². The largest absolute Gasteiger partial charge is 0.394 e. The molecule has 1 aromatic heterocycles. The monoisotopic (exact) mass is 261 g/mol. The molecule has 0 saturated heterocycles. The number of nitrogens with zero attached hydrogens (tertiary/aromatic N) is 2. The van der Waals surface area contributed by atoms with E-state index in [0.717, 1.165) is 0 Å². The van der Waals surface area contributed by atoms with E-state index >= 15 is 0 Å². The number of aromatic nitrogens is 1. The summed E-state index contributed by atoms with van der Waals surface area (Å²) >= 11 is 3.03. The lowest BCUT2D eigenvalue weighted by molar-refractivity contribution is -0.385. The molecule has 0 aliphatic heterocycles. The van der Waals surface area contributed by atoms with Crippen molar-refractivity contribution in [1.82, 2.24) is 4.98 Å². The number of nitrogens with two attached hydrogens (primary N) is 1. The highest BCUT2D eigenvalue weighted by molar-refractivity contribution is 9.10. The third-order valence-corrected chi connectivity index (χ3v) is 1.99. The van der Waals surface area contributed by atoms with Crippen molar-refractivity contribution in [2.24, 2.45) is 5.73 Å². The number of rotatable bonds is 3. The maximum atomic E-state index is 10.5. The van der Waals surface area contributed by atoms with Gasteiger partial charge in [0.1, 0.15) is 4.60 Å². The second kappa shape index (κ2) is 4.45. The molecule has 1 heterocycles. The summed E-state index contributed by atoms with van der Waals surface area (Å²) in [7, 11) is 0. The van der Waals surface area contributed by atoms with Crippen molar-refractivity contribution in [2.75, 3.05) is 6.61 Å². The predicted octanol–water partition coefficient (Wildman–Crippen LogP) is 0.744. The van der Waals surface area contributed by atoms with Gasteiger partial charge in [-0.3, -0.25) is 10.1 Å². The molecule has 0 bridgehead atoms. The van der Waals surface area contributed by atoms with Gasteiger partial charge in [-0.15, -0.1) is 0 Å². The molecule has 14 heavy (non-hydrogen) atoms. The summed E-state index contributed by atoms with van der Waals surface area (Å²) in [6.45, 7) is -0.305. The van der Waals surface area contributed by atoms with Crippen LogP contribution in [0.5, 0.6) is 0 Å². The van der Waals surface area contributed by atoms with Gasteiger partial charge in [0.25, 0.3) is 5.69 Å². The second-order valence-corrected chi connectivity index (χ2v) is 3.43. The van der Waals surface area contributed by atoms with Gasteiger partial charge in [0.15, 0.2) is 0 Å².